The van der Waals surface area contributed by atoms with Crippen molar-refractivity contribution in [3.63, 3.8) is 0 Å². The average Bonchev–Trinajstić information content (AvgIpc) is 2.86. The molecule has 0 saturated heterocycles. The monoisotopic (exact) mass is 248 g/mol. The van der Waals surface area contributed by atoms with Crippen molar-refractivity contribution in [3.8, 4) is 0 Å². The third kappa shape index (κ3) is 2.25. The lowest BCUT2D eigenvalue weighted by molar-refractivity contribution is 0.211. The van der Waals surface area contributed by atoms with E-state index < -0.39 is 0 Å². The Morgan fingerprint density at radius 2 is 2.39 bits per heavy atom. The number of ether oxygens (including phenoxy) is 1. The zero-order valence-corrected chi connectivity index (χ0v) is 10.4. The molecule has 0 aromatic carbocycles. The SMILES string of the molecule is CN=C(N)c1c(NCCOC)cnc2[nH]cnc12. The molecule has 0 aliphatic heterocycles. The number of anilines is 1. The number of H-pyrrole nitrogens is 1. The van der Waals surface area contributed by atoms with E-state index in [-0.39, 0.29) is 0 Å². The number of aliphatic imine (C=N–C) groups is 1. The highest BCUT2D eigenvalue weighted by atomic mass is 16.5. The molecule has 4 N–H and O–H groups in total. The lowest BCUT2D eigenvalue weighted by Crippen LogP contribution is -2.18. The number of imidazole rings is 1. The first-order chi connectivity index (χ1) is 8.77. The van der Waals surface area contributed by atoms with Crippen molar-refractivity contribution in [2.75, 3.05) is 32.6 Å². The third-order valence-corrected chi connectivity index (χ3v) is 2.57. The second-order valence-electron chi connectivity index (χ2n) is 3.68. The number of nitrogens with one attached hydrogen (secondary N) is 2. The van der Waals surface area contributed by atoms with Crippen molar-refractivity contribution in [1.29, 1.82) is 0 Å². The van der Waals surface area contributed by atoms with Crippen molar-refractivity contribution >= 4 is 22.7 Å². The fourth-order valence-corrected chi connectivity index (χ4v) is 1.68. The standard InChI is InChI=1S/C11H16N6O/c1-13-10(12)8-7(14-3-4-18-2)5-15-11-9(8)16-6-17-11/h5-6,14H,3-4H2,1-2H3,(H2,12,13)(H,15,16,17). The lowest BCUT2D eigenvalue weighted by Gasteiger charge is -2.11. The Kier molecular flexibility index (Phi) is 3.73. The number of pyridine rings is 1. The van der Waals surface area contributed by atoms with Gasteiger partial charge in [0, 0.05) is 20.7 Å². The Morgan fingerprint density at radius 3 is 3.11 bits per heavy atom. The summed E-state index contributed by atoms with van der Waals surface area (Å²) < 4.78 is 5.00. The molecule has 0 unspecified atom stereocenters. The van der Waals surface area contributed by atoms with Crippen LogP contribution in [0.25, 0.3) is 11.2 Å². The van der Waals surface area contributed by atoms with Gasteiger partial charge in [0.25, 0.3) is 0 Å². The van der Waals surface area contributed by atoms with Crippen LogP contribution in [0.1, 0.15) is 5.56 Å². The molecule has 0 aliphatic rings. The maximum Gasteiger partial charge on any atom is 0.158 e. The van der Waals surface area contributed by atoms with Crippen molar-refractivity contribution in [1.82, 2.24) is 15.0 Å². The van der Waals surface area contributed by atoms with Gasteiger partial charge in [-0.25, -0.2) is 9.97 Å². The maximum atomic E-state index is 5.92. The van der Waals surface area contributed by atoms with E-state index in [1.54, 1.807) is 26.7 Å². The normalized spacial score (nSPS) is 12.0. The van der Waals surface area contributed by atoms with E-state index in [1.165, 1.54) is 0 Å². The Labute approximate surface area is 104 Å². The highest BCUT2D eigenvalue weighted by Crippen LogP contribution is 2.21. The summed E-state index contributed by atoms with van der Waals surface area (Å²) in [6, 6.07) is 0. The molecule has 0 bridgehead atoms. The Morgan fingerprint density at radius 1 is 1.56 bits per heavy atom. The van der Waals surface area contributed by atoms with Gasteiger partial charge in [0.15, 0.2) is 5.65 Å². The molecule has 0 aliphatic carbocycles. The van der Waals surface area contributed by atoms with E-state index in [9.17, 15) is 0 Å². The lowest BCUT2D eigenvalue weighted by atomic mass is 10.2. The van der Waals surface area contributed by atoms with E-state index in [2.05, 4.69) is 25.3 Å². The summed E-state index contributed by atoms with van der Waals surface area (Å²) in [5, 5.41) is 3.21. The van der Waals surface area contributed by atoms with Crippen molar-refractivity contribution < 1.29 is 4.74 Å². The average molecular weight is 248 g/mol. The van der Waals surface area contributed by atoms with Gasteiger partial charge in [-0.3, -0.25) is 4.99 Å². The van der Waals surface area contributed by atoms with Crippen molar-refractivity contribution in [2.24, 2.45) is 10.7 Å². The predicted molar refractivity (Wildman–Crippen MR) is 70.9 cm³/mol. The van der Waals surface area contributed by atoms with Crippen molar-refractivity contribution in [3.05, 3.63) is 18.1 Å². The molecule has 2 aromatic rings. The summed E-state index contributed by atoms with van der Waals surface area (Å²) >= 11 is 0. The summed E-state index contributed by atoms with van der Waals surface area (Å²) in [6.45, 7) is 1.26. The molecule has 0 radical (unpaired) electrons. The molecular formula is C11H16N6O. The number of aromatic nitrogens is 3. The fourth-order valence-electron chi connectivity index (χ4n) is 1.68. The van der Waals surface area contributed by atoms with Gasteiger partial charge in [-0.1, -0.05) is 0 Å². The van der Waals surface area contributed by atoms with Gasteiger partial charge in [0.05, 0.1) is 30.4 Å². The number of amidine groups is 1. The quantitative estimate of drug-likeness (QED) is 0.402. The molecule has 0 spiro atoms. The van der Waals surface area contributed by atoms with E-state index in [0.29, 0.717) is 30.2 Å². The largest absolute Gasteiger partial charge is 0.383 e. The van der Waals surface area contributed by atoms with Crippen LogP contribution in [-0.2, 0) is 4.74 Å². The molecular weight excluding hydrogens is 232 g/mol. The number of aromatic amines is 1. The van der Waals surface area contributed by atoms with Gasteiger partial charge in [-0.2, -0.15) is 0 Å². The molecule has 0 fully saturated rings. The maximum absolute atomic E-state index is 5.92. The molecule has 18 heavy (non-hydrogen) atoms. The molecule has 7 nitrogen and oxygen atoms in total. The molecule has 2 heterocycles. The van der Waals surface area contributed by atoms with E-state index in [0.717, 1.165) is 11.3 Å². The van der Waals surface area contributed by atoms with Crippen molar-refractivity contribution in [2.45, 2.75) is 0 Å². The zero-order valence-electron chi connectivity index (χ0n) is 10.4. The van der Waals surface area contributed by atoms with Gasteiger partial charge in [0.1, 0.15) is 11.4 Å². The minimum absolute atomic E-state index is 0.425. The zero-order chi connectivity index (χ0) is 13.0. The van der Waals surface area contributed by atoms with E-state index in [4.69, 9.17) is 10.5 Å². The van der Waals surface area contributed by atoms with Crippen LogP contribution < -0.4 is 11.1 Å². The minimum atomic E-state index is 0.425. The number of rotatable bonds is 5. The number of hydrogen-bond donors (Lipinski definition) is 3. The molecule has 0 saturated carbocycles. The van der Waals surface area contributed by atoms with Gasteiger partial charge in [0.2, 0.25) is 0 Å². The first-order valence-electron chi connectivity index (χ1n) is 5.55. The van der Waals surface area contributed by atoms with Crippen LogP contribution in [0.15, 0.2) is 17.5 Å². The minimum Gasteiger partial charge on any atom is -0.383 e. The molecule has 7 heteroatoms. The number of nitrogens with two attached hydrogens (primary N) is 1. The van der Waals surface area contributed by atoms with Crippen LogP contribution in [0.5, 0.6) is 0 Å². The fraction of sp³-hybridized carbons (Fsp3) is 0.364. The van der Waals surface area contributed by atoms with Crippen LogP contribution in [0.4, 0.5) is 5.69 Å². The Bertz CT molecular complexity index is 562. The van der Waals surface area contributed by atoms with Gasteiger partial charge >= 0.3 is 0 Å². The van der Waals surface area contributed by atoms with Gasteiger partial charge in [-0.05, 0) is 0 Å². The first kappa shape index (κ1) is 12.3. The second-order valence-corrected chi connectivity index (χ2v) is 3.68. The van der Waals surface area contributed by atoms with E-state index >= 15 is 0 Å². The Balaban J connectivity index is 2.44. The van der Waals surface area contributed by atoms with Crippen LogP contribution in [0.2, 0.25) is 0 Å². The number of methoxy groups -OCH3 is 1. The molecule has 0 atom stereocenters. The van der Waals surface area contributed by atoms with Crippen LogP contribution in [-0.4, -0.2) is 48.1 Å². The topological polar surface area (TPSA) is 101 Å². The highest BCUT2D eigenvalue weighted by molar-refractivity contribution is 6.10. The molecule has 2 aromatic heterocycles. The third-order valence-electron chi connectivity index (χ3n) is 2.57. The summed E-state index contributed by atoms with van der Waals surface area (Å²) in [5.74, 6) is 0.425. The predicted octanol–water partition coefficient (Wildman–Crippen LogP) is 0.351. The number of hydrogen-bond acceptors (Lipinski definition) is 5. The summed E-state index contributed by atoms with van der Waals surface area (Å²) in [6.07, 6.45) is 3.30. The van der Waals surface area contributed by atoms with E-state index in [1.807, 2.05) is 0 Å². The summed E-state index contributed by atoms with van der Waals surface area (Å²) in [7, 11) is 3.30. The second kappa shape index (κ2) is 5.46. The van der Waals surface area contributed by atoms with Crippen LogP contribution in [0, 0.1) is 0 Å². The highest BCUT2D eigenvalue weighted by Gasteiger charge is 2.13. The van der Waals surface area contributed by atoms with Gasteiger partial charge < -0.3 is 20.8 Å². The first-order valence-corrected chi connectivity index (χ1v) is 5.55. The van der Waals surface area contributed by atoms with Gasteiger partial charge in [-0.15, -0.1) is 0 Å². The molecule has 2 rings (SSSR count). The number of nitrogens with zero attached hydrogens (tertiary/aromatic N) is 3. The van der Waals surface area contributed by atoms with Crippen LogP contribution >= 0.6 is 0 Å². The molecule has 0 amide bonds. The number of fused-ring (bicyclic) bond motifs is 1. The summed E-state index contributed by atoms with van der Waals surface area (Å²) in [5.41, 5.74) is 8.88. The Hall–Kier alpha value is -2.15. The van der Waals surface area contributed by atoms with Crippen LogP contribution in [0.3, 0.4) is 0 Å². The smallest absolute Gasteiger partial charge is 0.158 e. The summed E-state index contributed by atoms with van der Waals surface area (Å²) in [4.78, 5) is 15.5. The molecule has 96 valence electrons.